The van der Waals surface area contributed by atoms with Gasteiger partial charge in [0.2, 0.25) is 5.91 Å². The lowest BCUT2D eigenvalue weighted by molar-refractivity contribution is -0.126. The highest BCUT2D eigenvalue weighted by Gasteiger charge is 2.25. The zero-order valence-corrected chi connectivity index (χ0v) is 23.1. The third-order valence-electron chi connectivity index (χ3n) is 6.16. The van der Waals surface area contributed by atoms with Crippen molar-refractivity contribution in [2.75, 3.05) is 20.8 Å². The first-order valence-corrected chi connectivity index (χ1v) is 12.6. The minimum absolute atomic E-state index is 0.0647. The molecule has 37 heavy (non-hydrogen) atoms. The quantitative estimate of drug-likeness (QED) is 0.341. The lowest BCUT2D eigenvalue weighted by Gasteiger charge is -2.25. The molecule has 1 N–H and O–H groups in total. The van der Waals surface area contributed by atoms with Gasteiger partial charge in [-0.1, -0.05) is 56.8 Å². The number of hydrogen-bond acceptors (Lipinski definition) is 4. The second kappa shape index (κ2) is 14.2. The number of amides is 1. The lowest BCUT2D eigenvalue weighted by atomic mass is 9.92. The van der Waals surface area contributed by atoms with Crippen LogP contribution in [-0.2, 0) is 14.3 Å². The van der Waals surface area contributed by atoms with Gasteiger partial charge in [-0.2, -0.15) is 0 Å². The van der Waals surface area contributed by atoms with Crippen molar-refractivity contribution in [2.24, 2.45) is 0 Å². The van der Waals surface area contributed by atoms with Crippen molar-refractivity contribution in [3.8, 4) is 11.1 Å². The molecule has 1 heterocycles. The molecule has 6 heteroatoms. The van der Waals surface area contributed by atoms with Crippen molar-refractivity contribution >= 4 is 5.91 Å². The molecule has 0 saturated heterocycles. The molecule has 0 aliphatic rings. The Morgan fingerprint density at radius 3 is 2.24 bits per heavy atom. The van der Waals surface area contributed by atoms with Crippen molar-refractivity contribution in [1.29, 1.82) is 0 Å². The fourth-order valence-electron chi connectivity index (χ4n) is 4.30. The Bertz CT molecular complexity index is 1240. The Labute approximate surface area is 221 Å². The smallest absolute Gasteiger partial charge is 0.251 e. The summed E-state index contributed by atoms with van der Waals surface area (Å²) in [6.07, 6.45) is 2.02. The van der Waals surface area contributed by atoms with Gasteiger partial charge in [-0.25, -0.2) is 0 Å². The number of hydrogen-bond donors (Lipinski definition) is 1. The number of methoxy groups -OCH3 is 2. The Balaban J connectivity index is 0.00000235. The van der Waals surface area contributed by atoms with Crippen LogP contribution in [0.1, 0.15) is 54.6 Å². The summed E-state index contributed by atoms with van der Waals surface area (Å²) in [5.41, 5.74) is 6.12. The van der Waals surface area contributed by atoms with E-state index in [0.29, 0.717) is 12.2 Å². The molecule has 0 bridgehead atoms. The number of ether oxygens (including phenoxy) is 2. The molecule has 2 aromatic carbocycles. The molecule has 2 atom stereocenters. The minimum Gasteiger partial charge on any atom is -0.502 e. The predicted octanol–water partition coefficient (Wildman–Crippen LogP) is 6.06. The summed E-state index contributed by atoms with van der Waals surface area (Å²) < 4.78 is 12.0. The summed E-state index contributed by atoms with van der Waals surface area (Å²) in [4.78, 5) is 26.1. The largest absolute Gasteiger partial charge is 0.502 e. The van der Waals surface area contributed by atoms with Crippen molar-refractivity contribution < 1.29 is 14.3 Å². The van der Waals surface area contributed by atoms with Gasteiger partial charge in [-0.15, -0.1) is 0 Å². The number of rotatable bonds is 10. The first-order valence-electron chi connectivity index (χ1n) is 12.6. The van der Waals surface area contributed by atoms with E-state index in [0.717, 1.165) is 16.7 Å². The molecule has 0 saturated carbocycles. The Morgan fingerprint density at radius 1 is 1.00 bits per heavy atom. The molecule has 198 valence electrons. The van der Waals surface area contributed by atoms with E-state index >= 15 is 0 Å². The molecule has 2 unspecified atom stereocenters. The maximum Gasteiger partial charge on any atom is 0.251 e. The van der Waals surface area contributed by atoms with Crippen LogP contribution in [0.4, 0.5) is 0 Å². The SMILES string of the molecule is C=C(CC(NC(=O)C(COC)n1ccc(C)cc1=O)c1cccc(-c2c(C)cccc2C)c1)OC.CC. The summed E-state index contributed by atoms with van der Waals surface area (Å²) in [5.74, 6) is 0.229. The molecule has 0 radical (unpaired) electrons. The van der Waals surface area contributed by atoms with Gasteiger partial charge in [0.15, 0.2) is 0 Å². The number of aryl methyl sites for hydroxylation is 3. The zero-order valence-electron chi connectivity index (χ0n) is 23.1. The van der Waals surface area contributed by atoms with E-state index in [1.165, 1.54) is 34.4 Å². The Hall–Kier alpha value is -3.64. The summed E-state index contributed by atoms with van der Waals surface area (Å²) in [5, 5.41) is 3.11. The number of nitrogens with zero attached hydrogens (tertiary/aromatic N) is 1. The predicted molar refractivity (Wildman–Crippen MR) is 151 cm³/mol. The molecule has 0 aliphatic carbocycles. The first-order chi connectivity index (χ1) is 17.7. The molecule has 0 fully saturated rings. The molecule has 1 amide bonds. The van der Waals surface area contributed by atoms with Gasteiger partial charge < -0.3 is 19.4 Å². The summed E-state index contributed by atoms with van der Waals surface area (Å²) >= 11 is 0. The van der Waals surface area contributed by atoms with Crippen molar-refractivity contribution in [1.82, 2.24) is 9.88 Å². The van der Waals surface area contributed by atoms with Crippen LogP contribution in [0.2, 0.25) is 0 Å². The first kappa shape index (κ1) is 29.6. The van der Waals surface area contributed by atoms with Crippen LogP contribution in [0.5, 0.6) is 0 Å². The fourth-order valence-corrected chi connectivity index (χ4v) is 4.30. The van der Waals surface area contributed by atoms with Crippen molar-refractivity contribution in [3.63, 3.8) is 0 Å². The van der Waals surface area contributed by atoms with E-state index < -0.39 is 12.1 Å². The van der Waals surface area contributed by atoms with Crippen LogP contribution < -0.4 is 10.9 Å². The Kier molecular flexibility index (Phi) is 11.3. The van der Waals surface area contributed by atoms with Gasteiger partial charge in [0.05, 0.1) is 25.5 Å². The van der Waals surface area contributed by atoms with Crippen molar-refractivity contribution in [2.45, 2.75) is 53.1 Å². The van der Waals surface area contributed by atoms with Crippen LogP contribution >= 0.6 is 0 Å². The van der Waals surface area contributed by atoms with Crippen LogP contribution in [0, 0.1) is 20.8 Å². The highest BCUT2D eigenvalue weighted by molar-refractivity contribution is 5.81. The van der Waals surface area contributed by atoms with E-state index in [-0.39, 0.29) is 18.1 Å². The molecule has 3 rings (SSSR count). The van der Waals surface area contributed by atoms with Gasteiger partial charge in [-0.3, -0.25) is 9.59 Å². The highest BCUT2D eigenvalue weighted by atomic mass is 16.5. The van der Waals surface area contributed by atoms with Crippen LogP contribution in [0.15, 0.2) is 77.9 Å². The minimum atomic E-state index is -0.812. The van der Waals surface area contributed by atoms with Gasteiger partial charge >= 0.3 is 0 Å². The number of carbonyl (C=O) groups excluding carboxylic acids is 1. The summed E-state index contributed by atoms with van der Waals surface area (Å²) in [6, 6.07) is 16.5. The number of benzene rings is 2. The number of nitrogens with one attached hydrogen (secondary N) is 1. The maximum absolute atomic E-state index is 13.5. The molecule has 0 spiro atoms. The van der Waals surface area contributed by atoms with E-state index in [9.17, 15) is 9.59 Å². The number of carbonyl (C=O) groups is 1. The summed E-state index contributed by atoms with van der Waals surface area (Å²) in [7, 11) is 3.08. The van der Waals surface area contributed by atoms with Gasteiger partial charge in [0.25, 0.3) is 5.56 Å². The third-order valence-corrected chi connectivity index (χ3v) is 6.16. The van der Waals surface area contributed by atoms with Gasteiger partial charge in [0.1, 0.15) is 6.04 Å². The summed E-state index contributed by atoms with van der Waals surface area (Å²) in [6.45, 7) is 14.1. The molecule has 3 aromatic rings. The molecular weight excluding hydrogens is 464 g/mol. The van der Waals surface area contributed by atoms with E-state index in [4.69, 9.17) is 9.47 Å². The second-order valence-electron chi connectivity index (χ2n) is 8.82. The van der Waals surface area contributed by atoms with Crippen LogP contribution in [0.25, 0.3) is 11.1 Å². The normalized spacial score (nSPS) is 12.1. The molecule has 1 aromatic heterocycles. The topological polar surface area (TPSA) is 69.6 Å². The highest BCUT2D eigenvalue weighted by Crippen LogP contribution is 2.31. The molecular formula is C31H40N2O4. The monoisotopic (exact) mass is 504 g/mol. The fraction of sp³-hybridized carbons (Fsp3) is 0.355. The van der Waals surface area contributed by atoms with E-state index in [1.54, 1.807) is 19.4 Å². The Morgan fingerprint density at radius 2 is 1.65 bits per heavy atom. The van der Waals surface area contributed by atoms with E-state index in [2.05, 4.69) is 50.0 Å². The maximum atomic E-state index is 13.5. The molecule has 0 aliphatic heterocycles. The second-order valence-corrected chi connectivity index (χ2v) is 8.82. The third kappa shape index (κ3) is 7.67. The lowest BCUT2D eigenvalue weighted by Crippen LogP contribution is -2.41. The average molecular weight is 505 g/mol. The zero-order chi connectivity index (χ0) is 27.5. The van der Waals surface area contributed by atoms with E-state index in [1.807, 2.05) is 39.0 Å². The average Bonchev–Trinajstić information content (AvgIpc) is 2.88. The van der Waals surface area contributed by atoms with Gasteiger partial charge in [0, 0.05) is 25.8 Å². The van der Waals surface area contributed by atoms with Crippen LogP contribution in [0.3, 0.4) is 0 Å². The number of aromatic nitrogens is 1. The standard InChI is InChI=1S/C29H34N2O4.C2H6/c1-19-13-14-31(27(32)15-19)26(18-34-5)29(33)30-25(16-22(4)35-6)23-11-8-12-24(17-23)28-20(2)9-7-10-21(28)3;1-2/h7-15,17,25-26H,4,16,18H2,1-3,5-6H3,(H,30,33);1-2H3. The van der Waals surface area contributed by atoms with Gasteiger partial charge in [-0.05, 0) is 66.3 Å². The molecule has 6 nitrogen and oxygen atoms in total. The van der Waals surface area contributed by atoms with Crippen molar-refractivity contribution in [3.05, 3.63) is 106 Å². The van der Waals surface area contributed by atoms with Crippen LogP contribution in [-0.4, -0.2) is 31.3 Å². The number of pyridine rings is 1.